The SMILES string of the molecule is Cc1nc(C)n(-c2ncc(NC(=O)c3cccc(-n4cnnn4)c3)cn2)c1C. The maximum Gasteiger partial charge on any atom is 0.255 e. The van der Waals surface area contributed by atoms with E-state index in [0.29, 0.717) is 22.9 Å². The average molecular weight is 375 g/mol. The van der Waals surface area contributed by atoms with Crippen LogP contribution in [-0.4, -0.2) is 45.6 Å². The summed E-state index contributed by atoms with van der Waals surface area (Å²) in [6.45, 7) is 5.81. The molecule has 3 aromatic heterocycles. The normalized spacial score (nSPS) is 10.8. The number of hydrogen-bond acceptors (Lipinski definition) is 7. The fourth-order valence-corrected chi connectivity index (χ4v) is 2.85. The lowest BCUT2D eigenvalue weighted by molar-refractivity contribution is 0.102. The Balaban J connectivity index is 1.53. The highest BCUT2D eigenvalue weighted by Gasteiger charge is 2.13. The number of imidazole rings is 1. The van der Waals surface area contributed by atoms with E-state index >= 15 is 0 Å². The molecule has 28 heavy (non-hydrogen) atoms. The molecule has 1 aromatic carbocycles. The van der Waals surface area contributed by atoms with Crippen LogP contribution >= 0.6 is 0 Å². The molecule has 4 rings (SSSR count). The van der Waals surface area contributed by atoms with Gasteiger partial charge < -0.3 is 5.32 Å². The molecule has 140 valence electrons. The van der Waals surface area contributed by atoms with E-state index < -0.39 is 0 Å². The van der Waals surface area contributed by atoms with Gasteiger partial charge >= 0.3 is 0 Å². The molecule has 4 aromatic rings. The van der Waals surface area contributed by atoms with Gasteiger partial charge in [0.15, 0.2) is 0 Å². The van der Waals surface area contributed by atoms with E-state index in [9.17, 15) is 4.79 Å². The Labute approximate surface area is 160 Å². The van der Waals surface area contributed by atoms with Gasteiger partial charge in [-0.3, -0.25) is 9.36 Å². The van der Waals surface area contributed by atoms with Crippen molar-refractivity contribution in [2.45, 2.75) is 20.8 Å². The van der Waals surface area contributed by atoms with Gasteiger partial charge in [-0.05, 0) is 49.4 Å². The van der Waals surface area contributed by atoms with Crippen LogP contribution in [0.5, 0.6) is 0 Å². The van der Waals surface area contributed by atoms with Crippen molar-refractivity contribution in [3.05, 3.63) is 65.8 Å². The number of nitrogens with one attached hydrogen (secondary N) is 1. The van der Waals surface area contributed by atoms with Crippen LogP contribution in [0.2, 0.25) is 0 Å². The fourth-order valence-electron chi connectivity index (χ4n) is 2.85. The van der Waals surface area contributed by atoms with Gasteiger partial charge in [-0.25, -0.2) is 19.6 Å². The maximum atomic E-state index is 12.6. The quantitative estimate of drug-likeness (QED) is 0.578. The van der Waals surface area contributed by atoms with Gasteiger partial charge in [0, 0.05) is 11.3 Å². The first-order valence-corrected chi connectivity index (χ1v) is 8.52. The Morgan fingerprint density at radius 3 is 2.54 bits per heavy atom. The third kappa shape index (κ3) is 3.22. The highest BCUT2D eigenvalue weighted by Crippen LogP contribution is 2.16. The zero-order valence-electron chi connectivity index (χ0n) is 15.5. The van der Waals surface area contributed by atoms with Crippen LogP contribution in [0.25, 0.3) is 11.6 Å². The molecule has 0 saturated heterocycles. The number of carbonyl (C=O) groups is 1. The standard InChI is InChI=1S/C18H17N9O/c1-11-12(2)27(13(3)22-11)18-19-8-15(9-20-18)23-17(28)14-5-4-6-16(7-14)26-10-21-24-25-26/h4-10H,1-3H3,(H,23,28). The summed E-state index contributed by atoms with van der Waals surface area (Å²) in [7, 11) is 0. The number of nitrogens with zero attached hydrogens (tertiary/aromatic N) is 8. The minimum atomic E-state index is -0.280. The lowest BCUT2D eigenvalue weighted by atomic mass is 10.2. The molecule has 0 aliphatic rings. The first kappa shape index (κ1) is 17.5. The van der Waals surface area contributed by atoms with Crippen LogP contribution in [0.4, 0.5) is 5.69 Å². The van der Waals surface area contributed by atoms with Gasteiger partial charge in [0.1, 0.15) is 12.2 Å². The predicted molar refractivity (Wildman–Crippen MR) is 100 cm³/mol. The van der Waals surface area contributed by atoms with E-state index in [1.807, 2.05) is 31.4 Å². The van der Waals surface area contributed by atoms with Crippen molar-refractivity contribution in [2.75, 3.05) is 5.32 Å². The summed E-state index contributed by atoms with van der Waals surface area (Å²) < 4.78 is 3.35. The number of rotatable bonds is 4. The summed E-state index contributed by atoms with van der Waals surface area (Å²) in [5, 5.41) is 13.8. The lowest BCUT2D eigenvalue weighted by Gasteiger charge is -2.08. The summed E-state index contributed by atoms with van der Waals surface area (Å²) >= 11 is 0. The van der Waals surface area contributed by atoms with E-state index in [0.717, 1.165) is 17.2 Å². The zero-order chi connectivity index (χ0) is 19.7. The molecular formula is C18H17N9O. The molecular weight excluding hydrogens is 358 g/mol. The molecule has 1 amide bonds. The Bertz CT molecular complexity index is 1130. The van der Waals surface area contributed by atoms with Gasteiger partial charge in [-0.15, -0.1) is 5.10 Å². The van der Waals surface area contributed by atoms with E-state index in [4.69, 9.17) is 0 Å². The van der Waals surface area contributed by atoms with Crippen LogP contribution in [0.3, 0.4) is 0 Å². The molecule has 0 radical (unpaired) electrons. The second-order valence-corrected chi connectivity index (χ2v) is 6.20. The minimum Gasteiger partial charge on any atom is -0.319 e. The molecule has 0 atom stereocenters. The molecule has 0 spiro atoms. The Kier molecular flexibility index (Phi) is 4.36. The van der Waals surface area contributed by atoms with Crippen LogP contribution in [-0.2, 0) is 0 Å². The fraction of sp³-hybridized carbons (Fsp3) is 0.167. The number of benzene rings is 1. The minimum absolute atomic E-state index is 0.280. The maximum absolute atomic E-state index is 12.6. The summed E-state index contributed by atoms with van der Waals surface area (Å²) in [5.41, 5.74) is 3.56. The van der Waals surface area contributed by atoms with Gasteiger partial charge in [0.05, 0.1) is 29.5 Å². The predicted octanol–water partition coefficient (Wildman–Crippen LogP) is 1.82. The lowest BCUT2D eigenvalue weighted by Crippen LogP contribution is -2.13. The molecule has 0 saturated carbocycles. The number of aromatic nitrogens is 8. The van der Waals surface area contributed by atoms with Crippen molar-refractivity contribution in [3.63, 3.8) is 0 Å². The second-order valence-electron chi connectivity index (χ2n) is 6.20. The number of hydrogen-bond donors (Lipinski definition) is 1. The molecule has 0 bridgehead atoms. The summed E-state index contributed by atoms with van der Waals surface area (Å²) in [6, 6.07) is 6.97. The topological polar surface area (TPSA) is 116 Å². The highest BCUT2D eigenvalue weighted by molar-refractivity contribution is 6.04. The van der Waals surface area contributed by atoms with Crippen molar-refractivity contribution >= 4 is 11.6 Å². The van der Waals surface area contributed by atoms with Crippen molar-refractivity contribution in [2.24, 2.45) is 0 Å². The molecule has 3 heterocycles. The Morgan fingerprint density at radius 1 is 1.11 bits per heavy atom. The van der Waals surface area contributed by atoms with E-state index in [2.05, 4.69) is 35.8 Å². The number of anilines is 1. The molecule has 0 aliphatic carbocycles. The third-order valence-corrected chi connectivity index (χ3v) is 4.33. The average Bonchev–Trinajstić information content (AvgIpc) is 3.32. The van der Waals surface area contributed by atoms with Gasteiger partial charge in [0.25, 0.3) is 5.91 Å². The molecule has 1 N–H and O–H groups in total. The molecule has 10 nitrogen and oxygen atoms in total. The zero-order valence-corrected chi connectivity index (χ0v) is 15.5. The van der Waals surface area contributed by atoms with Crippen LogP contribution < -0.4 is 5.32 Å². The molecule has 0 fully saturated rings. The number of aryl methyl sites for hydroxylation is 2. The van der Waals surface area contributed by atoms with Crippen LogP contribution in [0.15, 0.2) is 43.0 Å². The van der Waals surface area contributed by atoms with Crippen molar-refractivity contribution < 1.29 is 4.79 Å². The summed E-state index contributed by atoms with van der Waals surface area (Å²) in [5.74, 6) is 1.04. The van der Waals surface area contributed by atoms with Crippen LogP contribution in [0, 0.1) is 20.8 Å². The van der Waals surface area contributed by atoms with Crippen molar-refractivity contribution in [3.8, 4) is 11.6 Å². The van der Waals surface area contributed by atoms with Crippen LogP contribution in [0.1, 0.15) is 27.6 Å². The Morgan fingerprint density at radius 2 is 1.89 bits per heavy atom. The molecule has 10 heteroatoms. The second kappa shape index (κ2) is 6.99. The summed E-state index contributed by atoms with van der Waals surface area (Å²) in [6.07, 6.45) is 4.60. The third-order valence-electron chi connectivity index (χ3n) is 4.33. The van der Waals surface area contributed by atoms with Crippen molar-refractivity contribution in [1.29, 1.82) is 0 Å². The number of tetrazole rings is 1. The van der Waals surface area contributed by atoms with Gasteiger partial charge in [-0.2, -0.15) is 0 Å². The van der Waals surface area contributed by atoms with Gasteiger partial charge in [-0.1, -0.05) is 6.07 Å². The number of carbonyl (C=O) groups excluding carboxylic acids is 1. The first-order valence-electron chi connectivity index (χ1n) is 8.52. The molecule has 0 unspecified atom stereocenters. The Hall–Kier alpha value is -3.95. The van der Waals surface area contributed by atoms with E-state index in [-0.39, 0.29) is 5.91 Å². The van der Waals surface area contributed by atoms with E-state index in [1.165, 1.54) is 11.0 Å². The monoisotopic (exact) mass is 375 g/mol. The van der Waals surface area contributed by atoms with Crippen molar-refractivity contribution in [1.82, 2.24) is 39.7 Å². The smallest absolute Gasteiger partial charge is 0.255 e. The highest BCUT2D eigenvalue weighted by atomic mass is 16.1. The summed E-state index contributed by atoms with van der Waals surface area (Å²) in [4.78, 5) is 25.7. The first-order chi connectivity index (χ1) is 13.5. The number of amides is 1. The largest absolute Gasteiger partial charge is 0.319 e. The van der Waals surface area contributed by atoms with Gasteiger partial charge in [0.2, 0.25) is 5.95 Å². The van der Waals surface area contributed by atoms with E-state index in [1.54, 1.807) is 30.6 Å². The molecule has 0 aliphatic heterocycles.